The minimum Gasteiger partial charge on any atom is -0.454 e. The first-order chi connectivity index (χ1) is 12.0. The summed E-state index contributed by atoms with van der Waals surface area (Å²) in [6.07, 6.45) is 1.49. The maximum atomic E-state index is 12.6. The predicted octanol–water partition coefficient (Wildman–Crippen LogP) is 1.84. The third-order valence-corrected chi connectivity index (χ3v) is 4.01. The van der Waals surface area contributed by atoms with Gasteiger partial charge in [0.2, 0.25) is 18.6 Å². The Kier molecular flexibility index (Phi) is 4.60. The number of barbiturate groups is 1. The van der Waals surface area contributed by atoms with Crippen LogP contribution in [0.1, 0.15) is 19.8 Å². The van der Waals surface area contributed by atoms with Gasteiger partial charge in [0.05, 0.1) is 0 Å². The molecule has 0 unspecified atom stereocenters. The van der Waals surface area contributed by atoms with Crippen molar-refractivity contribution in [2.75, 3.05) is 18.7 Å². The molecular formula is C17H19N3O5. The maximum absolute atomic E-state index is 12.6. The van der Waals surface area contributed by atoms with E-state index in [1.165, 1.54) is 0 Å². The molecule has 2 N–H and O–H groups in total. The first kappa shape index (κ1) is 16.8. The van der Waals surface area contributed by atoms with Gasteiger partial charge in [0.1, 0.15) is 0 Å². The number of anilines is 1. The lowest BCUT2D eigenvalue weighted by molar-refractivity contribution is -0.140. The molecule has 8 heteroatoms. The number of hydrogen-bond acceptors (Lipinski definition) is 6. The van der Waals surface area contributed by atoms with Gasteiger partial charge in [0, 0.05) is 24.0 Å². The van der Waals surface area contributed by atoms with E-state index in [-0.39, 0.29) is 19.0 Å². The molecule has 1 aromatic carbocycles. The van der Waals surface area contributed by atoms with Crippen molar-refractivity contribution in [2.45, 2.75) is 19.8 Å². The second-order valence-electron chi connectivity index (χ2n) is 5.79. The number of imide groups is 2. The zero-order chi connectivity index (χ0) is 18.0. The number of hydrogen-bond donors (Lipinski definition) is 2. The van der Waals surface area contributed by atoms with E-state index < -0.39 is 23.8 Å². The number of ether oxygens (including phenoxy) is 2. The van der Waals surface area contributed by atoms with Crippen LogP contribution in [0.5, 0.6) is 11.5 Å². The molecule has 2 heterocycles. The lowest BCUT2D eigenvalue weighted by Gasteiger charge is -2.31. The molecule has 3 rings (SSSR count). The molecule has 2 aliphatic rings. The third-order valence-electron chi connectivity index (χ3n) is 4.01. The highest BCUT2D eigenvalue weighted by atomic mass is 16.7. The van der Waals surface area contributed by atoms with Crippen molar-refractivity contribution in [1.82, 2.24) is 10.2 Å². The molecule has 1 atom stereocenters. The zero-order valence-electron chi connectivity index (χ0n) is 13.8. The van der Waals surface area contributed by atoms with Gasteiger partial charge < -0.3 is 14.8 Å². The van der Waals surface area contributed by atoms with E-state index in [0.717, 1.165) is 11.3 Å². The second-order valence-corrected chi connectivity index (χ2v) is 5.79. The van der Waals surface area contributed by atoms with Crippen molar-refractivity contribution in [3.8, 4) is 11.5 Å². The van der Waals surface area contributed by atoms with Gasteiger partial charge in [-0.15, -0.1) is 0 Å². The molecule has 1 fully saturated rings. The molecule has 0 saturated carbocycles. The van der Waals surface area contributed by atoms with Crippen molar-refractivity contribution in [1.29, 1.82) is 0 Å². The second kappa shape index (κ2) is 6.84. The van der Waals surface area contributed by atoms with E-state index in [2.05, 4.69) is 17.2 Å². The molecular weight excluding hydrogens is 326 g/mol. The Balaban J connectivity index is 1.74. The fraction of sp³-hybridized carbons (Fsp3) is 0.353. The van der Waals surface area contributed by atoms with E-state index in [1.807, 2.05) is 6.92 Å². The number of rotatable bonds is 6. The molecule has 0 aromatic heterocycles. The number of benzene rings is 1. The molecule has 2 aliphatic heterocycles. The van der Waals surface area contributed by atoms with Gasteiger partial charge in [0.25, 0.3) is 0 Å². The summed E-state index contributed by atoms with van der Waals surface area (Å²) in [4.78, 5) is 37.6. The zero-order valence-corrected chi connectivity index (χ0v) is 13.8. The highest BCUT2D eigenvalue weighted by Crippen LogP contribution is 2.35. The van der Waals surface area contributed by atoms with E-state index >= 15 is 0 Å². The molecule has 0 bridgehead atoms. The summed E-state index contributed by atoms with van der Waals surface area (Å²) in [5.41, 5.74) is 0.794. The lowest BCUT2D eigenvalue weighted by Crippen LogP contribution is -2.58. The Labute approximate surface area is 144 Å². The third kappa shape index (κ3) is 3.28. The fourth-order valence-electron chi connectivity index (χ4n) is 2.68. The van der Waals surface area contributed by atoms with Gasteiger partial charge in [-0.25, -0.2) is 4.79 Å². The van der Waals surface area contributed by atoms with Gasteiger partial charge in [0.15, 0.2) is 17.4 Å². The summed E-state index contributed by atoms with van der Waals surface area (Å²) in [7, 11) is 0. The van der Waals surface area contributed by atoms with Gasteiger partial charge in [-0.05, 0) is 18.6 Å². The lowest BCUT2D eigenvalue weighted by atomic mass is 10.0. The normalized spacial score (nSPS) is 19.0. The number of amides is 4. The number of urea groups is 1. The Morgan fingerprint density at radius 2 is 2.08 bits per heavy atom. The number of carbonyl (C=O) groups excluding carboxylic acids is 3. The Morgan fingerprint density at radius 3 is 2.84 bits per heavy atom. The minimum absolute atomic E-state index is 0.151. The highest BCUT2D eigenvalue weighted by molar-refractivity contribution is 6.17. The standard InChI is InChI=1S/C17H19N3O5/c1-3-4-7-20-16(22)14(15(21)19-17(20)23)10(2)18-11-5-6-12-13(8-11)25-9-24-12/h5-6,8,14,18H,2-4,7,9H2,1H3,(H,19,21,23)/t14-/m0/s1. The summed E-state index contributed by atoms with van der Waals surface area (Å²) in [5, 5.41) is 5.15. The summed E-state index contributed by atoms with van der Waals surface area (Å²) in [6, 6.07) is 4.45. The molecule has 1 aromatic rings. The number of unbranched alkanes of at least 4 members (excludes halogenated alkanes) is 1. The maximum Gasteiger partial charge on any atom is 0.330 e. The Morgan fingerprint density at radius 1 is 1.32 bits per heavy atom. The fourth-order valence-corrected chi connectivity index (χ4v) is 2.68. The molecule has 0 radical (unpaired) electrons. The molecule has 1 saturated heterocycles. The van der Waals surface area contributed by atoms with Crippen LogP contribution in [0.25, 0.3) is 0 Å². The Hall–Kier alpha value is -3.03. The van der Waals surface area contributed by atoms with E-state index in [4.69, 9.17) is 9.47 Å². The largest absolute Gasteiger partial charge is 0.454 e. The van der Waals surface area contributed by atoms with Crippen molar-refractivity contribution >= 4 is 23.5 Å². The van der Waals surface area contributed by atoms with E-state index in [1.54, 1.807) is 18.2 Å². The van der Waals surface area contributed by atoms with Gasteiger partial charge in [-0.3, -0.25) is 19.8 Å². The van der Waals surface area contributed by atoms with Crippen molar-refractivity contribution < 1.29 is 23.9 Å². The summed E-state index contributed by atoms with van der Waals surface area (Å²) >= 11 is 0. The van der Waals surface area contributed by atoms with Crippen molar-refractivity contribution in [3.63, 3.8) is 0 Å². The number of carbonyl (C=O) groups is 3. The number of nitrogens with one attached hydrogen (secondary N) is 2. The highest BCUT2D eigenvalue weighted by Gasteiger charge is 2.41. The first-order valence-electron chi connectivity index (χ1n) is 8.03. The van der Waals surface area contributed by atoms with Crippen LogP contribution in [-0.4, -0.2) is 36.1 Å². The topological polar surface area (TPSA) is 97.0 Å². The molecule has 0 spiro atoms. The molecule has 8 nitrogen and oxygen atoms in total. The van der Waals surface area contributed by atoms with Crippen LogP contribution in [0.2, 0.25) is 0 Å². The first-order valence-corrected chi connectivity index (χ1v) is 8.03. The number of nitrogens with zero attached hydrogens (tertiary/aromatic N) is 1. The summed E-state index contributed by atoms with van der Waals surface area (Å²) < 4.78 is 10.5. The van der Waals surface area contributed by atoms with Gasteiger partial charge >= 0.3 is 6.03 Å². The van der Waals surface area contributed by atoms with E-state index in [9.17, 15) is 14.4 Å². The van der Waals surface area contributed by atoms with Crippen LogP contribution in [-0.2, 0) is 9.59 Å². The van der Waals surface area contributed by atoms with E-state index in [0.29, 0.717) is 23.6 Å². The van der Waals surface area contributed by atoms with Crippen LogP contribution < -0.4 is 20.1 Å². The minimum atomic E-state index is -1.17. The van der Waals surface area contributed by atoms with Crippen LogP contribution >= 0.6 is 0 Å². The molecule has 0 aliphatic carbocycles. The Bertz CT molecular complexity index is 746. The average molecular weight is 345 g/mol. The number of fused-ring (bicyclic) bond motifs is 1. The predicted molar refractivity (Wildman–Crippen MR) is 89.0 cm³/mol. The van der Waals surface area contributed by atoms with Crippen LogP contribution in [0.15, 0.2) is 30.5 Å². The van der Waals surface area contributed by atoms with Crippen LogP contribution in [0, 0.1) is 5.92 Å². The average Bonchev–Trinajstić information content (AvgIpc) is 3.02. The molecule has 25 heavy (non-hydrogen) atoms. The van der Waals surface area contributed by atoms with Gasteiger partial charge in [-0.1, -0.05) is 19.9 Å². The quantitative estimate of drug-likeness (QED) is 0.764. The van der Waals surface area contributed by atoms with Crippen LogP contribution in [0.3, 0.4) is 0 Å². The monoisotopic (exact) mass is 345 g/mol. The van der Waals surface area contributed by atoms with Crippen molar-refractivity contribution in [3.05, 3.63) is 30.5 Å². The molecule has 4 amide bonds. The van der Waals surface area contributed by atoms with Gasteiger partial charge in [-0.2, -0.15) is 0 Å². The molecule has 132 valence electrons. The van der Waals surface area contributed by atoms with Crippen molar-refractivity contribution in [2.24, 2.45) is 5.92 Å². The summed E-state index contributed by atoms with van der Waals surface area (Å²) in [5.74, 6) is -1.22. The smallest absolute Gasteiger partial charge is 0.330 e. The summed E-state index contributed by atoms with van der Waals surface area (Å²) in [6.45, 7) is 6.18. The van der Waals surface area contributed by atoms with Crippen LogP contribution in [0.4, 0.5) is 10.5 Å². The SMILES string of the molecule is C=C(Nc1ccc2c(c1)OCO2)[C@H]1C(=O)NC(=O)N(CCCC)C1=O.